The second-order valence-electron chi connectivity index (χ2n) is 11.5. The molecule has 0 saturated heterocycles. The Balaban J connectivity index is 1.32. The van der Waals surface area contributed by atoms with Crippen LogP contribution in [0, 0.1) is 12.8 Å². The van der Waals surface area contributed by atoms with Crippen LogP contribution in [0.5, 0.6) is 0 Å². The van der Waals surface area contributed by atoms with Gasteiger partial charge >= 0.3 is 0 Å². The molecule has 1 aromatic carbocycles. The van der Waals surface area contributed by atoms with Crippen molar-refractivity contribution < 1.29 is 14.6 Å². The molecule has 3 heterocycles. The quantitative estimate of drug-likeness (QED) is 0.420. The number of ether oxygens (including phenoxy) is 1. The predicted molar refractivity (Wildman–Crippen MR) is 148 cm³/mol. The lowest BCUT2D eigenvalue weighted by Gasteiger charge is -2.33. The summed E-state index contributed by atoms with van der Waals surface area (Å²) in [7, 11) is 0. The molecule has 0 radical (unpaired) electrons. The van der Waals surface area contributed by atoms with Crippen LogP contribution in [0.25, 0.3) is 22.5 Å². The number of fused-ring (bicyclic) bond motifs is 1. The Morgan fingerprint density at radius 3 is 2.76 bits per heavy atom. The number of hydrogen-bond donors (Lipinski definition) is 3. The number of benzene rings is 1. The maximum atomic E-state index is 12.7. The van der Waals surface area contributed by atoms with E-state index in [0.29, 0.717) is 25.2 Å². The summed E-state index contributed by atoms with van der Waals surface area (Å²) in [6, 6.07) is 6.33. The first-order valence-corrected chi connectivity index (χ1v) is 13.9. The Morgan fingerprint density at radius 1 is 1.24 bits per heavy atom. The normalized spacial score (nSPS) is 23.8. The maximum absolute atomic E-state index is 12.7. The molecule has 0 unspecified atom stereocenters. The highest BCUT2D eigenvalue weighted by molar-refractivity contribution is 5.96. The fourth-order valence-corrected chi connectivity index (χ4v) is 5.55. The van der Waals surface area contributed by atoms with Crippen molar-refractivity contribution in [1.82, 2.24) is 19.7 Å². The summed E-state index contributed by atoms with van der Waals surface area (Å²) in [5.74, 6) is 1.27. The van der Waals surface area contributed by atoms with Gasteiger partial charge < -0.3 is 20.5 Å². The topological polar surface area (TPSA) is 101 Å². The van der Waals surface area contributed by atoms with E-state index in [4.69, 9.17) is 14.7 Å². The Bertz CT molecular complexity index is 1380. The van der Waals surface area contributed by atoms with Crippen molar-refractivity contribution in [2.75, 3.05) is 25.1 Å². The van der Waals surface area contributed by atoms with E-state index in [0.717, 1.165) is 91.0 Å². The van der Waals surface area contributed by atoms with Gasteiger partial charge in [0.25, 0.3) is 5.91 Å². The second-order valence-corrected chi connectivity index (χ2v) is 11.5. The van der Waals surface area contributed by atoms with Crippen LogP contribution < -0.4 is 10.6 Å². The third-order valence-corrected chi connectivity index (χ3v) is 8.20. The molecule has 6 rings (SSSR count). The molecule has 2 aromatic heterocycles. The van der Waals surface area contributed by atoms with Crippen molar-refractivity contribution in [2.24, 2.45) is 5.92 Å². The van der Waals surface area contributed by atoms with Gasteiger partial charge in [-0.2, -0.15) is 0 Å². The van der Waals surface area contributed by atoms with Crippen molar-refractivity contribution in [3.63, 3.8) is 0 Å². The molecular formula is C30H37N5O3. The zero-order valence-electron chi connectivity index (χ0n) is 22.3. The minimum absolute atomic E-state index is 0.00310. The van der Waals surface area contributed by atoms with Crippen LogP contribution in [0.2, 0.25) is 0 Å². The summed E-state index contributed by atoms with van der Waals surface area (Å²) in [5, 5.41) is 17.0. The van der Waals surface area contributed by atoms with Gasteiger partial charge in [0.05, 0.1) is 36.4 Å². The number of carbonyl (C=O) groups excluding carboxylic acids is 1. The van der Waals surface area contributed by atoms with Crippen LogP contribution in [0.4, 0.5) is 5.82 Å². The third-order valence-electron chi connectivity index (χ3n) is 8.20. The Morgan fingerprint density at radius 2 is 2.05 bits per heavy atom. The van der Waals surface area contributed by atoms with Gasteiger partial charge in [0.2, 0.25) is 0 Å². The lowest BCUT2D eigenvalue weighted by atomic mass is 9.80. The SMILES string of the molecule is Cc1cc(-c2cnc3c(NCC4CCC(C)(O)CC4)nc(C4=CCOCC4)cn23)ccc1C(=O)NC1CC1. The van der Waals surface area contributed by atoms with Crippen LogP contribution in [0.1, 0.15) is 73.5 Å². The molecular weight excluding hydrogens is 478 g/mol. The highest BCUT2D eigenvalue weighted by Crippen LogP contribution is 2.33. The number of amides is 1. The second kappa shape index (κ2) is 10.2. The van der Waals surface area contributed by atoms with Crippen molar-refractivity contribution in [3.05, 3.63) is 53.5 Å². The van der Waals surface area contributed by atoms with Crippen molar-refractivity contribution >= 4 is 22.9 Å². The first-order valence-electron chi connectivity index (χ1n) is 13.9. The number of aliphatic hydroxyl groups is 1. The van der Waals surface area contributed by atoms with E-state index in [1.807, 2.05) is 32.2 Å². The fraction of sp³-hybridized carbons (Fsp3) is 0.500. The molecule has 1 aliphatic heterocycles. The van der Waals surface area contributed by atoms with E-state index in [1.165, 1.54) is 5.57 Å². The van der Waals surface area contributed by atoms with Gasteiger partial charge in [-0.05, 0) is 88.0 Å². The molecule has 0 spiro atoms. The molecule has 2 aliphatic carbocycles. The van der Waals surface area contributed by atoms with Crippen LogP contribution in [0.15, 0.2) is 36.7 Å². The fourth-order valence-electron chi connectivity index (χ4n) is 5.55. The number of rotatable bonds is 7. The van der Waals surface area contributed by atoms with Gasteiger partial charge in [0, 0.05) is 29.9 Å². The molecule has 0 bridgehead atoms. The van der Waals surface area contributed by atoms with E-state index in [9.17, 15) is 9.90 Å². The highest BCUT2D eigenvalue weighted by atomic mass is 16.5. The van der Waals surface area contributed by atoms with Gasteiger partial charge in [-0.15, -0.1) is 0 Å². The van der Waals surface area contributed by atoms with Crippen LogP contribution in [-0.2, 0) is 4.74 Å². The number of carbonyl (C=O) groups is 1. The summed E-state index contributed by atoms with van der Waals surface area (Å²) in [5.41, 5.74) is 5.99. The minimum atomic E-state index is -0.540. The monoisotopic (exact) mass is 515 g/mol. The predicted octanol–water partition coefficient (Wildman–Crippen LogP) is 4.75. The molecule has 200 valence electrons. The lowest BCUT2D eigenvalue weighted by Crippen LogP contribution is -2.32. The highest BCUT2D eigenvalue weighted by Gasteiger charge is 2.29. The summed E-state index contributed by atoms with van der Waals surface area (Å²) in [6.07, 6.45) is 12.7. The zero-order chi connectivity index (χ0) is 26.3. The van der Waals surface area contributed by atoms with Gasteiger partial charge in [-0.1, -0.05) is 12.1 Å². The molecule has 8 heteroatoms. The number of aryl methyl sites for hydroxylation is 1. The first kappa shape index (κ1) is 25.1. The summed E-state index contributed by atoms with van der Waals surface area (Å²) >= 11 is 0. The Hall–Kier alpha value is -3.23. The van der Waals surface area contributed by atoms with Crippen molar-refractivity contribution in [1.29, 1.82) is 0 Å². The number of hydrogen-bond acceptors (Lipinski definition) is 6. The first-order chi connectivity index (χ1) is 18.4. The maximum Gasteiger partial charge on any atom is 0.251 e. The number of aromatic nitrogens is 3. The average molecular weight is 516 g/mol. The standard InChI is InChI=1S/C30H37N5O3/c1-19-15-22(3-6-24(19)29(36)33-23-4-5-23)26-17-32-28-27(31-16-20-7-11-30(2,37)12-8-20)34-25(18-35(26)28)21-9-13-38-14-10-21/h3,6,9,15,17-18,20,23,37H,4-5,7-8,10-14,16H2,1-2H3,(H,31,34)(H,33,36). The third kappa shape index (κ3) is 5.33. The number of anilines is 1. The van der Waals surface area contributed by atoms with Crippen LogP contribution in [-0.4, -0.2) is 56.8 Å². The van der Waals surface area contributed by atoms with Gasteiger partial charge in [-0.25, -0.2) is 9.97 Å². The Kier molecular flexibility index (Phi) is 6.70. The van der Waals surface area contributed by atoms with E-state index in [2.05, 4.69) is 33.4 Å². The Labute approximate surface area is 223 Å². The summed E-state index contributed by atoms with van der Waals surface area (Å²) < 4.78 is 7.66. The molecule has 38 heavy (non-hydrogen) atoms. The smallest absolute Gasteiger partial charge is 0.251 e. The van der Waals surface area contributed by atoms with Crippen molar-refractivity contribution in [2.45, 2.75) is 70.4 Å². The lowest BCUT2D eigenvalue weighted by molar-refractivity contribution is 0.00975. The average Bonchev–Trinajstić information content (AvgIpc) is 3.62. The van der Waals surface area contributed by atoms with E-state index >= 15 is 0 Å². The molecule has 2 saturated carbocycles. The van der Waals surface area contributed by atoms with Gasteiger partial charge in [-0.3, -0.25) is 9.20 Å². The number of nitrogens with zero attached hydrogens (tertiary/aromatic N) is 3. The molecule has 1 amide bonds. The molecule has 3 aromatic rings. The van der Waals surface area contributed by atoms with Gasteiger partial charge in [0.15, 0.2) is 11.5 Å². The van der Waals surface area contributed by atoms with Crippen molar-refractivity contribution in [3.8, 4) is 11.3 Å². The number of nitrogens with one attached hydrogen (secondary N) is 2. The minimum Gasteiger partial charge on any atom is -0.390 e. The molecule has 3 aliphatic rings. The summed E-state index contributed by atoms with van der Waals surface area (Å²) in [4.78, 5) is 22.4. The number of imidazole rings is 1. The largest absolute Gasteiger partial charge is 0.390 e. The molecule has 0 atom stereocenters. The molecule has 8 nitrogen and oxygen atoms in total. The molecule has 3 N–H and O–H groups in total. The van der Waals surface area contributed by atoms with Gasteiger partial charge in [0.1, 0.15) is 0 Å². The van der Waals surface area contributed by atoms with Crippen LogP contribution >= 0.6 is 0 Å². The van der Waals surface area contributed by atoms with E-state index in [-0.39, 0.29) is 5.91 Å². The van der Waals surface area contributed by atoms with Crippen LogP contribution in [0.3, 0.4) is 0 Å². The zero-order valence-corrected chi connectivity index (χ0v) is 22.3. The van der Waals surface area contributed by atoms with E-state index < -0.39 is 5.60 Å². The summed E-state index contributed by atoms with van der Waals surface area (Å²) in [6.45, 7) is 6.02. The van der Waals surface area contributed by atoms with E-state index in [1.54, 1.807) is 0 Å². The molecule has 2 fully saturated rings.